The van der Waals surface area contributed by atoms with Gasteiger partial charge < -0.3 is 9.47 Å². The molecular formula is C28H43NO3S. The molecule has 1 aliphatic heterocycles. The first-order valence-electron chi connectivity index (χ1n) is 13.0. The minimum Gasteiger partial charge on any atom is -0.353 e. The van der Waals surface area contributed by atoms with E-state index in [-0.39, 0.29) is 23.0 Å². The van der Waals surface area contributed by atoms with Crippen molar-refractivity contribution in [2.75, 3.05) is 13.2 Å². The van der Waals surface area contributed by atoms with Crippen LogP contribution in [-0.2, 0) is 25.9 Å². The molecule has 4 nitrogen and oxygen atoms in total. The van der Waals surface area contributed by atoms with Crippen molar-refractivity contribution in [1.29, 1.82) is 0 Å². The van der Waals surface area contributed by atoms with Crippen molar-refractivity contribution in [3.05, 3.63) is 48.0 Å². The van der Waals surface area contributed by atoms with E-state index in [1.807, 2.05) is 27.7 Å². The molecular weight excluding hydrogens is 430 g/mol. The molecule has 1 heterocycles. The summed E-state index contributed by atoms with van der Waals surface area (Å²) in [5, 5.41) is 2.64. The van der Waals surface area contributed by atoms with Gasteiger partial charge in [-0.1, -0.05) is 75.6 Å². The Hall–Kier alpha value is -1.27. The molecule has 0 amide bonds. The molecule has 2 aliphatic rings. The summed E-state index contributed by atoms with van der Waals surface area (Å²) >= 11 is 0. The topological polar surface area (TPSA) is 47.6 Å². The van der Waals surface area contributed by atoms with Crippen LogP contribution < -0.4 is 4.72 Å². The van der Waals surface area contributed by atoms with E-state index in [0.29, 0.717) is 0 Å². The fourth-order valence-electron chi connectivity index (χ4n) is 5.25. The first-order chi connectivity index (χ1) is 16.1. The van der Waals surface area contributed by atoms with Crippen LogP contribution in [0.3, 0.4) is 0 Å². The van der Waals surface area contributed by atoms with E-state index in [1.165, 1.54) is 35.6 Å². The molecule has 4 rings (SSSR count). The third kappa shape index (κ3) is 6.66. The Bertz CT molecular complexity index is 872. The summed E-state index contributed by atoms with van der Waals surface area (Å²) in [5.74, 6) is 0. The van der Waals surface area contributed by atoms with Crippen LogP contribution in [0.4, 0.5) is 0 Å². The second-order valence-electron chi connectivity index (χ2n) is 9.40. The molecule has 1 unspecified atom stereocenters. The maximum atomic E-state index is 13.0. The van der Waals surface area contributed by atoms with Gasteiger partial charge in [0.05, 0.1) is 24.2 Å². The van der Waals surface area contributed by atoms with Crippen molar-refractivity contribution < 1.29 is 13.7 Å². The molecule has 1 saturated heterocycles. The molecule has 2 aromatic carbocycles. The van der Waals surface area contributed by atoms with Crippen LogP contribution >= 0.6 is 0 Å². The molecule has 1 N–H and O–H groups in total. The van der Waals surface area contributed by atoms with Crippen molar-refractivity contribution >= 4 is 21.8 Å². The van der Waals surface area contributed by atoms with E-state index < -0.39 is 11.0 Å². The van der Waals surface area contributed by atoms with Crippen LogP contribution in [0.15, 0.2) is 42.5 Å². The van der Waals surface area contributed by atoms with Crippen molar-refractivity contribution in [3.63, 3.8) is 0 Å². The lowest BCUT2D eigenvalue weighted by atomic mass is 9.64. The number of nitrogens with one attached hydrogen (secondary N) is 1. The Kier molecular flexibility index (Phi) is 10.4. The Morgan fingerprint density at radius 1 is 0.970 bits per heavy atom. The summed E-state index contributed by atoms with van der Waals surface area (Å²) in [7, 11) is -1.07. The smallest absolute Gasteiger partial charge is 0.157 e. The molecule has 0 aromatic heterocycles. The zero-order valence-corrected chi connectivity index (χ0v) is 21.8. The summed E-state index contributed by atoms with van der Waals surface area (Å²) in [6.07, 6.45) is 8.54. The number of hydrogen-bond acceptors (Lipinski definition) is 3. The average Bonchev–Trinajstić information content (AvgIpc) is 2.88. The average molecular weight is 474 g/mol. The Morgan fingerprint density at radius 3 is 2.30 bits per heavy atom. The Labute approximate surface area is 203 Å². The fourth-order valence-corrected chi connectivity index (χ4v) is 6.15. The SMILES string of the molecule is CC.CC(C)[S@@](=O)NC(CCC1OCCCO1)C1(c2ccc3ccccc3c2)CCCCC1. The molecule has 1 saturated carbocycles. The largest absolute Gasteiger partial charge is 0.353 e. The number of rotatable bonds is 8. The van der Waals surface area contributed by atoms with Gasteiger partial charge in [-0.25, -0.2) is 8.93 Å². The zero-order valence-electron chi connectivity index (χ0n) is 21.0. The molecule has 2 atom stereocenters. The molecule has 33 heavy (non-hydrogen) atoms. The molecule has 2 aromatic rings. The van der Waals surface area contributed by atoms with E-state index in [4.69, 9.17) is 9.47 Å². The quantitative estimate of drug-likeness (QED) is 0.467. The van der Waals surface area contributed by atoms with Crippen LogP contribution in [0.1, 0.15) is 84.6 Å². The van der Waals surface area contributed by atoms with Gasteiger partial charge in [-0.3, -0.25) is 0 Å². The van der Waals surface area contributed by atoms with E-state index >= 15 is 0 Å². The zero-order chi connectivity index (χ0) is 23.7. The van der Waals surface area contributed by atoms with E-state index in [9.17, 15) is 4.21 Å². The summed E-state index contributed by atoms with van der Waals surface area (Å²) in [5.41, 5.74) is 1.37. The van der Waals surface area contributed by atoms with Gasteiger partial charge in [-0.2, -0.15) is 0 Å². The van der Waals surface area contributed by atoms with Crippen molar-refractivity contribution in [1.82, 2.24) is 4.72 Å². The van der Waals surface area contributed by atoms with Gasteiger partial charge in [-0.15, -0.1) is 0 Å². The lowest BCUT2D eigenvalue weighted by Gasteiger charge is -2.45. The standard InChI is InChI=1S/C26H37NO3S.C2H6/c1-20(2)31(28)27-24(13-14-25-29-17-8-18-30-25)26(15-6-3-7-16-26)23-12-11-21-9-4-5-10-22(21)19-23;1-2/h4-5,9-12,19-20,24-25,27H,3,6-8,13-18H2,1-2H3;1-2H3/t24?,31-;/m1./s1. The van der Waals surface area contributed by atoms with Crippen molar-refractivity contribution in [3.8, 4) is 0 Å². The Morgan fingerprint density at radius 2 is 1.64 bits per heavy atom. The van der Waals surface area contributed by atoms with Crippen LogP contribution in [-0.4, -0.2) is 35.0 Å². The predicted molar refractivity (Wildman–Crippen MR) is 140 cm³/mol. The lowest BCUT2D eigenvalue weighted by Crippen LogP contribution is -2.51. The van der Waals surface area contributed by atoms with Crippen LogP contribution in [0, 0.1) is 0 Å². The lowest BCUT2D eigenvalue weighted by molar-refractivity contribution is -0.182. The van der Waals surface area contributed by atoms with Gasteiger partial charge in [0, 0.05) is 16.7 Å². The third-order valence-electron chi connectivity index (χ3n) is 7.01. The molecule has 5 heteroatoms. The second-order valence-corrected chi connectivity index (χ2v) is 11.2. The summed E-state index contributed by atoms with van der Waals surface area (Å²) in [6.45, 7) is 9.60. The van der Waals surface area contributed by atoms with Gasteiger partial charge in [0.1, 0.15) is 0 Å². The molecule has 0 radical (unpaired) electrons. The highest BCUT2D eigenvalue weighted by atomic mass is 32.2. The number of hydrogen-bond donors (Lipinski definition) is 1. The third-order valence-corrected chi connectivity index (χ3v) is 8.38. The Balaban J connectivity index is 0.00000149. The molecule has 0 bridgehead atoms. The number of fused-ring (bicyclic) bond motifs is 1. The minimum atomic E-state index is -1.07. The highest BCUT2D eigenvalue weighted by Gasteiger charge is 2.42. The fraction of sp³-hybridized carbons (Fsp3) is 0.643. The van der Waals surface area contributed by atoms with Gasteiger partial charge in [0.15, 0.2) is 6.29 Å². The molecule has 184 valence electrons. The van der Waals surface area contributed by atoms with Crippen LogP contribution in [0.2, 0.25) is 0 Å². The monoisotopic (exact) mass is 473 g/mol. The van der Waals surface area contributed by atoms with Gasteiger partial charge in [-0.05, 0) is 62.3 Å². The highest BCUT2D eigenvalue weighted by molar-refractivity contribution is 7.83. The van der Waals surface area contributed by atoms with Crippen molar-refractivity contribution in [2.24, 2.45) is 0 Å². The summed E-state index contributed by atoms with van der Waals surface area (Å²) < 4.78 is 28.2. The summed E-state index contributed by atoms with van der Waals surface area (Å²) in [4.78, 5) is 0. The van der Waals surface area contributed by atoms with Gasteiger partial charge >= 0.3 is 0 Å². The normalized spacial score (nSPS) is 20.8. The molecule has 0 spiro atoms. The first-order valence-corrected chi connectivity index (χ1v) is 14.2. The van der Waals surface area contributed by atoms with E-state index in [1.54, 1.807) is 0 Å². The maximum absolute atomic E-state index is 13.0. The number of benzene rings is 2. The number of ether oxygens (including phenoxy) is 2. The maximum Gasteiger partial charge on any atom is 0.157 e. The minimum absolute atomic E-state index is 0.0124. The van der Waals surface area contributed by atoms with E-state index in [2.05, 4.69) is 47.2 Å². The second kappa shape index (κ2) is 13.0. The highest BCUT2D eigenvalue weighted by Crippen LogP contribution is 2.44. The van der Waals surface area contributed by atoms with Gasteiger partial charge in [0.25, 0.3) is 0 Å². The molecule has 2 fully saturated rings. The predicted octanol–water partition coefficient (Wildman–Crippen LogP) is 6.64. The van der Waals surface area contributed by atoms with Crippen LogP contribution in [0.25, 0.3) is 10.8 Å². The van der Waals surface area contributed by atoms with E-state index in [0.717, 1.165) is 45.3 Å². The van der Waals surface area contributed by atoms with Crippen LogP contribution in [0.5, 0.6) is 0 Å². The first kappa shape index (κ1) is 26.3. The van der Waals surface area contributed by atoms with Gasteiger partial charge in [0.2, 0.25) is 0 Å². The van der Waals surface area contributed by atoms with Crippen molar-refractivity contribution in [2.45, 2.75) is 102 Å². The summed E-state index contributed by atoms with van der Waals surface area (Å²) in [6, 6.07) is 15.7. The molecule has 1 aliphatic carbocycles.